The van der Waals surface area contributed by atoms with Crippen LogP contribution in [0.5, 0.6) is 0 Å². The van der Waals surface area contributed by atoms with Crippen molar-refractivity contribution in [2.45, 2.75) is 50.6 Å². The number of hydrogen-bond donors (Lipinski definition) is 2. The van der Waals surface area contributed by atoms with Crippen molar-refractivity contribution in [2.75, 3.05) is 19.7 Å². The van der Waals surface area contributed by atoms with Crippen LogP contribution in [0.1, 0.15) is 38.5 Å². The van der Waals surface area contributed by atoms with Gasteiger partial charge in [-0.3, -0.25) is 9.69 Å². The van der Waals surface area contributed by atoms with Crippen LogP contribution in [0.2, 0.25) is 0 Å². The van der Waals surface area contributed by atoms with E-state index in [0.29, 0.717) is 12.6 Å². The predicted octanol–water partition coefficient (Wildman–Crippen LogP) is 0.502. The highest BCUT2D eigenvalue weighted by Crippen LogP contribution is 2.28. The maximum absolute atomic E-state index is 11.9. The third-order valence-electron chi connectivity index (χ3n) is 3.81. The van der Waals surface area contributed by atoms with E-state index < -0.39 is 0 Å². The second-order valence-corrected chi connectivity index (χ2v) is 4.85. The van der Waals surface area contributed by atoms with Crippen LogP contribution in [0.4, 0.5) is 0 Å². The van der Waals surface area contributed by atoms with Crippen molar-refractivity contribution < 1.29 is 9.90 Å². The molecule has 2 rings (SSSR count). The first-order valence-electron chi connectivity index (χ1n) is 6.47. The Bertz CT molecular complexity index is 241. The topological polar surface area (TPSA) is 52.6 Å². The fourth-order valence-corrected chi connectivity index (χ4v) is 2.67. The molecule has 1 atom stereocenters. The minimum absolute atomic E-state index is 0.0000463. The molecule has 1 heterocycles. The van der Waals surface area contributed by atoms with Gasteiger partial charge in [-0.1, -0.05) is 6.42 Å². The molecule has 1 aliphatic heterocycles. The molecule has 0 radical (unpaired) electrons. The normalized spacial score (nSPS) is 27.4. The van der Waals surface area contributed by atoms with Crippen LogP contribution in [-0.4, -0.2) is 47.7 Å². The summed E-state index contributed by atoms with van der Waals surface area (Å²) in [6.07, 6.45) is 6.77. The molecular formula is C12H22N2O2. The summed E-state index contributed by atoms with van der Waals surface area (Å²) < 4.78 is 0. The van der Waals surface area contributed by atoms with Gasteiger partial charge in [-0.05, 0) is 32.1 Å². The summed E-state index contributed by atoms with van der Waals surface area (Å²) in [5.74, 6) is 0.165. The van der Waals surface area contributed by atoms with Crippen LogP contribution >= 0.6 is 0 Å². The van der Waals surface area contributed by atoms with Gasteiger partial charge in [-0.2, -0.15) is 0 Å². The number of carbonyl (C=O) groups excluding carboxylic acids is 1. The Morgan fingerprint density at radius 2 is 2.06 bits per heavy atom. The van der Waals surface area contributed by atoms with E-state index in [4.69, 9.17) is 5.11 Å². The lowest BCUT2D eigenvalue weighted by molar-refractivity contribution is -0.128. The molecule has 2 aliphatic rings. The van der Waals surface area contributed by atoms with Crippen LogP contribution in [0.15, 0.2) is 0 Å². The minimum Gasteiger partial charge on any atom is -0.395 e. The van der Waals surface area contributed by atoms with E-state index in [0.717, 1.165) is 25.8 Å². The fourth-order valence-electron chi connectivity index (χ4n) is 2.67. The predicted molar refractivity (Wildman–Crippen MR) is 62.1 cm³/mol. The maximum Gasteiger partial charge on any atom is 0.237 e. The van der Waals surface area contributed by atoms with Gasteiger partial charge in [-0.15, -0.1) is 0 Å². The van der Waals surface area contributed by atoms with Crippen molar-refractivity contribution in [1.82, 2.24) is 10.2 Å². The van der Waals surface area contributed by atoms with Crippen molar-refractivity contribution >= 4 is 5.91 Å². The van der Waals surface area contributed by atoms with Gasteiger partial charge in [0.1, 0.15) is 0 Å². The smallest absolute Gasteiger partial charge is 0.237 e. The van der Waals surface area contributed by atoms with Gasteiger partial charge in [0.2, 0.25) is 5.91 Å². The largest absolute Gasteiger partial charge is 0.395 e. The molecule has 4 heteroatoms. The average Bonchev–Trinajstić information content (AvgIpc) is 2.39. The standard InChI is InChI=1S/C12H22N2O2/c15-9-8-14(10-4-3-5-10)11-6-1-2-7-13-12(11)16/h10-11,15H,1-9H2,(H,13,16). The summed E-state index contributed by atoms with van der Waals surface area (Å²) in [5, 5.41) is 12.1. The zero-order valence-corrected chi connectivity index (χ0v) is 9.82. The zero-order valence-electron chi connectivity index (χ0n) is 9.82. The van der Waals surface area contributed by atoms with Gasteiger partial charge >= 0.3 is 0 Å². The van der Waals surface area contributed by atoms with Crippen LogP contribution in [0.25, 0.3) is 0 Å². The van der Waals surface area contributed by atoms with Gasteiger partial charge in [0.15, 0.2) is 0 Å². The molecule has 92 valence electrons. The molecule has 0 aromatic rings. The summed E-state index contributed by atoms with van der Waals surface area (Å²) in [5.41, 5.74) is 0. The molecule has 1 aliphatic carbocycles. The maximum atomic E-state index is 11.9. The fraction of sp³-hybridized carbons (Fsp3) is 0.917. The summed E-state index contributed by atoms with van der Waals surface area (Å²) >= 11 is 0. The molecular weight excluding hydrogens is 204 g/mol. The van der Waals surface area contributed by atoms with E-state index in [-0.39, 0.29) is 18.6 Å². The Kier molecular flexibility index (Phi) is 4.18. The summed E-state index contributed by atoms with van der Waals surface area (Å²) in [6, 6.07) is 0.529. The summed E-state index contributed by atoms with van der Waals surface area (Å²) in [6.45, 7) is 1.61. The molecule has 4 nitrogen and oxygen atoms in total. The van der Waals surface area contributed by atoms with E-state index >= 15 is 0 Å². The van der Waals surface area contributed by atoms with Gasteiger partial charge in [0, 0.05) is 19.1 Å². The van der Waals surface area contributed by atoms with Crippen molar-refractivity contribution in [1.29, 1.82) is 0 Å². The second kappa shape index (κ2) is 5.64. The highest BCUT2D eigenvalue weighted by Gasteiger charge is 2.34. The Balaban J connectivity index is 2.00. The number of aliphatic hydroxyl groups is 1. The quantitative estimate of drug-likeness (QED) is 0.734. The lowest BCUT2D eigenvalue weighted by Crippen LogP contribution is -2.53. The SMILES string of the molecule is O=C1NCCCCC1N(CCO)C1CCC1. The average molecular weight is 226 g/mol. The number of amides is 1. The number of carbonyl (C=O) groups is 1. The molecule has 0 bridgehead atoms. The van der Waals surface area contributed by atoms with E-state index in [1.807, 2.05) is 0 Å². The number of hydrogen-bond acceptors (Lipinski definition) is 3. The van der Waals surface area contributed by atoms with Crippen molar-refractivity contribution in [2.24, 2.45) is 0 Å². The lowest BCUT2D eigenvalue weighted by Gasteiger charge is -2.41. The number of nitrogens with one attached hydrogen (secondary N) is 1. The van der Waals surface area contributed by atoms with E-state index in [1.165, 1.54) is 19.3 Å². The third-order valence-corrected chi connectivity index (χ3v) is 3.81. The lowest BCUT2D eigenvalue weighted by atomic mass is 9.89. The first kappa shape index (κ1) is 11.9. The number of aliphatic hydroxyl groups excluding tert-OH is 1. The Labute approximate surface area is 97.0 Å². The van der Waals surface area contributed by atoms with Gasteiger partial charge < -0.3 is 10.4 Å². The molecule has 1 unspecified atom stereocenters. The summed E-state index contributed by atoms with van der Waals surface area (Å²) in [7, 11) is 0. The molecule has 1 amide bonds. The second-order valence-electron chi connectivity index (χ2n) is 4.85. The molecule has 0 aromatic heterocycles. The molecule has 1 saturated heterocycles. The van der Waals surface area contributed by atoms with Crippen molar-refractivity contribution in [3.8, 4) is 0 Å². The zero-order chi connectivity index (χ0) is 11.4. The van der Waals surface area contributed by atoms with Crippen molar-refractivity contribution in [3.05, 3.63) is 0 Å². The number of nitrogens with zero attached hydrogens (tertiary/aromatic N) is 1. The molecule has 1 saturated carbocycles. The van der Waals surface area contributed by atoms with Gasteiger partial charge in [-0.25, -0.2) is 0 Å². The molecule has 2 N–H and O–H groups in total. The first-order chi connectivity index (χ1) is 7.83. The van der Waals surface area contributed by atoms with Gasteiger partial charge in [0.25, 0.3) is 0 Å². The Morgan fingerprint density at radius 1 is 1.25 bits per heavy atom. The molecule has 2 fully saturated rings. The molecule has 0 aromatic carbocycles. The van der Waals surface area contributed by atoms with Crippen LogP contribution in [-0.2, 0) is 4.79 Å². The third kappa shape index (κ3) is 2.55. The highest BCUT2D eigenvalue weighted by atomic mass is 16.3. The number of rotatable bonds is 4. The minimum atomic E-state index is -0.0000463. The highest BCUT2D eigenvalue weighted by molar-refractivity contribution is 5.82. The molecule has 0 spiro atoms. The van der Waals surface area contributed by atoms with Crippen molar-refractivity contribution in [3.63, 3.8) is 0 Å². The van der Waals surface area contributed by atoms with Crippen LogP contribution < -0.4 is 5.32 Å². The monoisotopic (exact) mass is 226 g/mol. The van der Waals surface area contributed by atoms with E-state index in [2.05, 4.69) is 10.2 Å². The van der Waals surface area contributed by atoms with E-state index in [9.17, 15) is 4.79 Å². The van der Waals surface area contributed by atoms with Crippen LogP contribution in [0, 0.1) is 0 Å². The summed E-state index contributed by atoms with van der Waals surface area (Å²) in [4.78, 5) is 14.2. The Morgan fingerprint density at radius 3 is 2.69 bits per heavy atom. The van der Waals surface area contributed by atoms with Gasteiger partial charge in [0.05, 0.1) is 12.6 Å². The molecule has 16 heavy (non-hydrogen) atoms. The van der Waals surface area contributed by atoms with E-state index in [1.54, 1.807) is 0 Å². The Hall–Kier alpha value is -0.610. The first-order valence-corrected chi connectivity index (χ1v) is 6.47. The van der Waals surface area contributed by atoms with Crippen LogP contribution in [0.3, 0.4) is 0 Å².